The number of rotatable bonds is 4. The molecular formula is C11H10ClFN2OS. The topological polar surface area (TPSA) is 34.1 Å². The van der Waals surface area contributed by atoms with Gasteiger partial charge in [-0.15, -0.1) is 11.3 Å². The molecule has 2 rings (SSSR count). The standard InChI is InChI=1S/C11H10ClFN2OS/c1-16-9-3-2-7(4-8(9)13)14-6-11-15-5-10(12)17-11/h2-5,14H,6H2,1H3. The zero-order valence-electron chi connectivity index (χ0n) is 9.04. The second kappa shape index (κ2) is 5.33. The van der Waals surface area contributed by atoms with Gasteiger partial charge >= 0.3 is 0 Å². The Morgan fingerprint density at radius 3 is 2.94 bits per heavy atom. The molecule has 0 aliphatic carbocycles. The molecule has 0 atom stereocenters. The first-order chi connectivity index (χ1) is 8.19. The summed E-state index contributed by atoms with van der Waals surface area (Å²) >= 11 is 7.15. The highest BCUT2D eigenvalue weighted by atomic mass is 35.5. The van der Waals surface area contributed by atoms with Crippen LogP contribution in [0.4, 0.5) is 10.1 Å². The van der Waals surface area contributed by atoms with Gasteiger partial charge in [0.25, 0.3) is 0 Å². The van der Waals surface area contributed by atoms with Crippen LogP contribution in [0.2, 0.25) is 4.34 Å². The van der Waals surface area contributed by atoms with Crippen LogP contribution in [0.15, 0.2) is 24.4 Å². The molecule has 0 unspecified atom stereocenters. The van der Waals surface area contributed by atoms with E-state index in [1.165, 1.54) is 24.5 Å². The van der Waals surface area contributed by atoms with Crippen molar-refractivity contribution in [2.24, 2.45) is 0 Å². The van der Waals surface area contributed by atoms with Gasteiger partial charge in [0.2, 0.25) is 0 Å². The molecule has 1 heterocycles. The van der Waals surface area contributed by atoms with E-state index in [2.05, 4.69) is 10.3 Å². The number of anilines is 1. The SMILES string of the molecule is COc1ccc(NCc2ncc(Cl)s2)cc1F. The van der Waals surface area contributed by atoms with E-state index in [0.29, 0.717) is 16.6 Å². The van der Waals surface area contributed by atoms with Crippen molar-refractivity contribution in [3.63, 3.8) is 0 Å². The van der Waals surface area contributed by atoms with Crippen LogP contribution >= 0.6 is 22.9 Å². The summed E-state index contributed by atoms with van der Waals surface area (Å²) < 4.78 is 18.9. The first-order valence-corrected chi connectivity index (χ1v) is 6.06. The Balaban J connectivity index is 2.02. The number of halogens is 2. The molecule has 6 heteroatoms. The van der Waals surface area contributed by atoms with Gasteiger partial charge in [0.05, 0.1) is 19.9 Å². The van der Waals surface area contributed by atoms with Crippen molar-refractivity contribution < 1.29 is 9.13 Å². The third-order valence-electron chi connectivity index (χ3n) is 2.12. The van der Waals surface area contributed by atoms with Gasteiger partial charge in [0.15, 0.2) is 11.6 Å². The van der Waals surface area contributed by atoms with Crippen molar-refractivity contribution >= 4 is 28.6 Å². The van der Waals surface area contributed by atoms with Crippen molar-refractivity contribution in [2.75, 3.05) is 12.4 Å². The molecule has 17 heavy (non-hydrogen) atoms. The van der Waals surface area contributed by atoms with Crippen molar-refractivity contribution in [3.05, 3.63) is 39.6 Å². The number of hydrogen-bond donors (Lipinski definition) is 1. The van der Waals surface area contributed by atoms with Crippen LogP contribution in [0.25, 0.3) is 0 Å². The second-order valence-corrected chi connectivity index (χ2v) is 5.01. The zero-order valence-corrected chi connectivity index (χ0v) is 10.6. The molecule has 1 aromatic carbocycles. The Hall–Kier alpha value is -1.33. The molecule has 0 fully saturated rings. The van der Waals surface area contributed by atoms with E-state index in [0.717, 1.165) is 5.01 Å². The average Bonchev–Trinajstić information content (AvgIpc) is 2.73. The molecule has 0 bridgehead atoms. The summed E-state index contributed by atoms with van der Waals surface area (Å²) in [5, 5.41) is 3.91. The van der Waals surface area contributed by atoms with Crippen molar-refractivity contribution in [3.8, 4) is 5.75 Å². The number of hydrogen-bond acceptors (Lipinski definition) is 4. The third-order valence-corrected chi connectivity index (χ3v) is 3.24. The fourth-order valence-electron chi connectivity index (χ4n) is 1.32. The molecule has 0 aliphatic rings. The van der Waals surface area contributed by atoms with Gasteiger partial charge in [0, 0.05) is 11.8 Å². The van der Waals surface area contributed by atoms with E-state index in [1.54, 1.807) is 18.3 Å². The first-order valence-electron chi connectivity index (χ1n) is 4.86. The van der Waals surface area contributed by atoms with E-state index in [-0.39, 0.29) is 5.75 Å². The van der Waals surface area contributed by atoms with Crippen LogP contribution < -0.4 is 10.1 Å². The van der Waals surface area contributed by atoms with E-state index in [9.17, 15) is 4.39 Å². The number of ether oxygens (including phenoxy) is 1. The number of methoxy groups -OCH3 is 1. The van der Waals surface area contributed by atoms with Gasteiger partial charge in [0.1, 0.15) is 9.34 Å². The van der Waals surface area contributed by atoms with Gasteiger partial charge in [-0.05, 0) is 12.1 Å². The minimum atomic E-state index is -0.394. The molecule has 1 aromatic heterocycles. The summed E-state index contributed by atoms with van der Waals surface area (Å²) in [7, 11) is 1.43. The molecule has 2 aromatic rings. The van der Waals surface area contributed by atoms with Gasteiger partial charge in [-0.25, -0.2) is 9.37 Å². The van der Waals surface area contributed by atoms with Gasteiger partial charge in [-0.2, -0.15) is 0 Å². The lowest BCUT2D eigenvalue weighted by Crippen LogP contribution is -1.99. The predicted molar refractivity (Wildman–Crippen MR) is 67.4 cm³/mol. The van der Waals surface area contributed by atoms with Crippen LogP contribution in [0, 0.1) is 5.82 Å². The summed E-state index contributed by atoms with van der Waals surface area (Å²) in [5.74, 6) is -0.164. The molecule has 90 valence electrons. The summed E-state index contributed by atoms with van der Waals surface area (Å²) in [6.07, 6.45) is 1.60. The van der Waals surface area contributed by atoms with E-state index >= 15 is 0 Å². The highest BCUT2D eigenvalue weighted by molar-refractivity contribution is 7.15. The lowest BCUT2D eigenvalue weighted by molar-refractivity contribution is 0.386. The van der Waals surface area contributed by atoms with E-state index in [1.807, 2.05) is 0 Å². The van der Waals surface area contributed by atoms with Crippen LogP contribution in [-0.4, -0.2) is 12.1 Å². The molecule has 1 N–H and O–H groups in total. The lowest BCUT2D eigenvalue weighted by atomic mass is 10.3. The maximum Gasteiger partial charge on any atom is 0.167 e. The van der Waals surface area contributed by atoms with Crippen molar-refractivity contribution in [1.82, 2.24) is 4.98 Å². The fraction of sp³-hybridized carbons (Fsp3) is 0.182. The smallest absolute Gasteiger partial charge is 0.167 e. The molecule has 3 nitrogen and oxygen atoms in total. The molecule has 0 spiro atoms. The van der Waals surface area contributed by atoms with Crippen molar-refractivity contribution in [1.29, 1.82) is 0 Å². The molecule has 0 amide bonds. The molecule has 0 radical (unpaired) electrons. The third kappa shape index (κ3) is 3.08. The normalized spacial score (nSPS) is 10.3. The van der Waals surface area contributed by atoms with E-state index in [4.69, 9.17) is 16.3 Å². The highest BCUT2D eigenvalue weighted by Gasteiger charge is 2.04. The Morgan fingerprint density at radius 1 is 1.53 bits per heavy atom. The van der Waals surface area contributed by atoms with Crippen molar-refractivity contribution in [2.45, 2.75) is 6.54 Å². The summed E-state index contributed by atoms with van der Waals surface area (Å²) in [6, 6.07) is 4.71. The minimum absolute atomic E-state index is 0.229. The van der Waals surface area contributed by atoms with E-state index < -0.39 is 5.82 Å². The largest absolute Gasteiger partial charge is 0.494 e. The minimum Gasteiger partial charge on any atom is -0.494 e. The maximum absolute atomic E-state index is 13.4. The Bertz CT molecular complexity index is 518. The maximum atomic E-state index is 13.4. The molecular weight excluding hydrogens is 263 g/mol. The van der Waals surface area contributed by atoms with Crippen LogP contribution in [0.3, 0.4) is 0 Å². The number of nitrogens with zero attached hydrogens (tertiary/aromatic N) is 1. The van der Waals surface area contributed by atoms with Gasteiger partial charge < -0.3 is 10.1 Å². The Labute approximate surface area is 107 Å². The number of nitrogens with one attached hydrogen (secondary N) is 1. The first kappa shape index (κ1) is 12.1. The second-order valence-electron chi connectivity index (χ2n) is 3.26. The number of thiazole rings is 1. The lowest BCUT2D eigenvalue weighted by Gasteiger charge is -2.06. The molecule has 0 saturated heterocycles. The van der Waals surface area contributed by atoms with Crippen LogP contribution in [0.5, 0.6) is 5.75 Å². The Morgan fingerprint density at radius 2 is 2.35 bits per heavy atom. The average molecular weight is 273 g/mol. The number of aromatic nitrogens is 1. The Kier molecular flexibility index (Phi) is 3.81. The summed E-state index contributed by atoms with van der Waals surface area (Å²) in [6.45, 7) is 0.517. The zero-order chi connectivity index (χ0) is 12.3. The summed E-state index contributed by atoms with van der Waals surface area (Å²) in [4.78, 5) is 4.09. The molecule has 0 saturated carbocycles. The van der Waals surface area contributed by atoms with Crippen LogP contribution in [-0.2, 0) is 6.54 Å². The van der Waals surface area contributed by atoms with Gasteiger partial charge in [-0.1, -0.05) is 11.6 Å². The fourth-order valence-corrected chi connectivity index (χ4v) is 2.22. The quantitative estimate of drug-likeness (QED) is 0.924. The van der Waals surface area contributed by atoms with Crippen LogP contribution in [0.1, 0.15) is 5.01 Å². The molecule has 0 aliphatic heterocycles. The number of benzene rings is 1. The monoisotopic (exact) mass is 272 g/mol. The highest BCUT2D eigenvalue weighted by Crippen LogP contribution is 2.22. The van der Waals surface area contributed by atoms with Gasteiger partial charge in [-0.3, -0.25) is 0 Å². The summed E-state index contributed by atoms with van der Waals surface area (Å²) in [5.41, 5.74) is 0.676. The predicted octanol–water partition coefficient (Wildman–Crippen LogP) is 3.56.